The molecule has 0 aromatic rings. The van der Waals surface area contributed by atoms with Crippen LogP contribution in [-0.2, 0) is 9.59 Å². The maximum absolute atomic E-state index is 10.3. The van der Waals surface area contributed by atoms with Gasteiger partial charge in [-0.05, 0) is 0 Å². The minimum Gasteiger partial charge on any atom is -0.480 e. The largest absolute Gasteiger partial charge is 0.480 e. The average molecular weight is 175 g/mol. The number of aliphatic carboxylic acids is 2. The summed E-state index contributed by atoms with van der Waals surface area (Å²) in [5.74, 6) is -2.70. The van der Waals surface area contributed by atoms with Crippen molar-refractivity contribution < 1.29 is 24.6 Å². The molecular formula is C5H7N2O5. The van der Waals surface area contributed by atoms with Crippen LogP contribution in [0.15, 0.2) is 0 Å². The quantitative estimate of drug-likeness (QED) is 0.559. The predicted octanol–water partition coefficient (Wildman–Crippen LogP) is -1.14. The highest BCUT2D eigenvalue weighted by Crippen LogP contribution is 1.88. The predicted molar refractivity (Wildman–Crippen MR) is 35.3 cm³/mol. The molecule has 0 heterocycles. The van der Waals surface area contributed by atoms with E-state index >= 15 is 0 Å². The molecule has 2 amide bonds. The van der Waals surface area contributed by atoms with Gasteiger partial charge in [-0.1, -0.05) is 0 Å². The van der Waals surface area contributed by atoms with Crippen molar-refractivity contribution in [1.82, 2.24) is 10.6 Å². The van der Waals surface area contributed by atoms with Gasteiger partial charge < -0.3 is 15.1 Å². The first-order chi connectivity index (χ1) is 5.43. The Morgan fingerprint density at radius 3 is 1.58 bits per heavy atom. The number of hydrogen-bond donors (Lipinski definition) is 2. The van der Waals surface area contributed by atoms with E-state index in [-0.39, 0.29) is 0 Å². The van der Waals surface area contributed by atoms with Gasteiger partial charge in [-0.15, -0.1) is 0 Å². The number of amides is 2. The zero-order valence-electron chi connectivity index (χ0n) is 5.98. The second kappa shape index (κ2) is 4.16. The van der Waals surface area contributed by atoms with Crippen LogP contribution in [0, 0.1) is 0 Å². The maximum atomic E-state index is 10.3. The molecule has 7 heteroatoms. The fourth-order valence-electron chi connectivity index (χ4n) is 0.526. The molecule has 0 aliphatic heterocycles. The zero-order chi connectivity index (χ0) is 9.72. The Labute approximate surface area is 67.4 Å². The van der Waals surface area contributed by atoms with Gasteiger partial charge in [0.15, 0.2) is 0 Å². The van der Waals surface area contributed by atoms with Crippen molar-refractivity contribution in [2.45, 2.75) is 0 Å². The molecule has 0 aromatic carbocycles. The van der Waals surface area contributed by atoms with Gasteiger partial charge in [0.1, 0.15) is 13.1 Å². The van der Waals surface area contributed by atoms with Gasteiger partial charge in [0.2, 0.25) is 0 Å². The van der Waals surface area contributed by atoms with Gasteiger partial charge >= 0.3 is 18.0 Å². The van der Waals surface area contributed by atoms with Crippen LogP contribution in [0.1, 0.15) is 0 Å². The van der Waals surface area contributed by atoms with Crippen molar-refractivity contribution in [2.75, 3.05) is 13.1 Å². The normalized spacial score (nSPS) is 9.00. The van der Waals surface area contributed by atoms with Crippen molar-refractivity contribution in [3.05, 3.63) is 0 Å². The maximum Gasteiger partial charge on any atom is 0.337 e. The Morgan fingerprint density at radius 2 is 1.42 bits per heavy atom. The number of carboxylic acid groups (broad SMARTS) is 2. The summed E-state index contributed by atoms with van der Waals surface area (Å²) in [7, 11) is 0. The van der Waals surface area contributed by atoms with E-state index in [4.69, 9.17) is 15.9 Å². The van der Waals surface area contributed by atoms with Gasteiger partial charge in [0.05, 0.1) is 0 Å². The number of carbonyl (C=O) groups excluding carboxylic acids is 1. The number of rotatable bonds is 4. The number of hydrogen-bond acceptors (Lipinski definition) is 3. The number of nitrogens with one attached hydrogen (secondary N) is 1. The Balaban J connectivity index is 4.14. The van der Waals surface area contributed by atoms with Crippen molar-refractivity contribution >= 4 is 18.0 Å². The summed E-state index contributed by atoms with van der Waals surface area (Å²) in [6.07, 6.45) is 0. The first kappa shape index (κ1) is 10.2. The lowest BCUT2D eigenvalue weighted by atomic mass is 10.5. The van der Waals surface area contributed by atoms with Crippen LogP contribution in [0.5, 0.6) is 0 Å². The molecule has 1 radical (unpaired) electrons. The van der Waals surface area contributed by atoms with Crippen LogP contribution in [0.4, 0.5) is 4.79 Å². The molecule has 0 bridgehead atoms. The lowest BCUT2D eigenvalue weighted by Crippen LogP contribution is -2.39. The van der Waals surface area contributed by atoms with Crippen LogP contribution in [0.25, 0.3) is 0 Å². The molecule has 0 aliphatic carbocycles. The van der Waals surface area contributed by atoms with E-state index in [0.717, 1.165) is 0 Å². The zero-order valence-corrected chi connectivity index (χ0v) is 5.98. The third kappa shape index (κ3) is 4.09. The summed E-state index contributed by atoms with van der Waals surface area (Å²) in [5, 5.41) is 16.4. The smallest absolute Gasteiger partial charge is 0.337 e. The molecule has 7 nitrogen and oxygen atoms in total. The highest BCUT2D eigenvalue weighted by Gasteiger charge is 2.16. The van der Waals surface area contributed by atoms with E-state index in [0.29, 0.717) is 4.90 Å². The van der Waals surface area contributed by atoms with E-state index in [1.165, 1.54) is 0 Å². The molecule has 0 saturated carbocycles. The van der Waals surface area contributed by atoms with Crippen molar-refractivity contribution in [3.8, 4) is 0 Å². The topological polar surface area (TPSA) is 119 Å². The number of urea groups is 1. The first-order valence-corrected chi connectivity index (χ1v) is 2.87. The third-order valence-corrected chi connectivity index (χ3v) is 0.939. The van der Waals surface area contributed by atoms with Gasteiger partial charge in [-0.25, -0.2) is 10.5 Å². The summed E-state index contributed by atoms with van der Waals surface area (Å²) in [4.78, 5) is 30.7. The number of carboxylic acids is 2. The first-order valence-electron chi connectivity index (χ1n) is 2.87. The Morgan fingerprint density at radius 1 is 1.08 bits per heavy atom. The molecule has 12 heavy (non-hydrogen) atoms. The molecule has 0 fully saturated rings. The van der Waals surface area contributed by atoms with Crippen LogP contribution in [0.2, 0.25) is 0 Å². The highest BCUT2D eigenvalue weighted by atomic mass is 16.4. The van der Waals surface area contributed by atoms with Crippen molar-refractivity contribution in [3.63, 3.8) is 0 Å². The molecule has 0 aliphatic rings. The molecule has 0 atom stereocenters. The molecule has 67 valence electrons. The summed E-state index contributed by atoms with van der Waals surface area (Å²) in [6.45, 7) is -1.54. The standard InChI is InChI=1S/C5H7N2O5/c6-5(12)7(1-3(8)9)2-4(10)11/h6H,1-2H2,(H,8,9)(H,10,11). The minimum atomic E-state index is -1.35. The van der Waals surface area contributed by atoms with Gasteiger partial charge in [-0.2, -0.15) is 0 Å². The average Bonchev–Trinajstić information content (AvgIpc) is 1.83. The molecule has 0 aromatic heterocycles. The minimum absolute atomic E-state index is 0.394. The summed E-state index contributed by atoms with van der Waals surface area (Å²) >= 11 is 0. The Kier molecular flexibility index (Phi) is 3.54. The Hall–Kier alpha value is -1.79. The second-order valence-electron chi connectivity index (χ2n) is 1.95. The lowest BCUT2D eigenvalue weighted by molar-refractivity contribution is -0.140. The van der Waals surface area contributed by atoms with Crippen molar-refractivity contribution in [1.29, 1.82) is 0 Å². The summed E-state index contributed by atoms with van der Waals surface area (Å²) in [6, 6.07) is -1.32. The molecule has 0 unspecified atom stereocenters. The second-order valence-corrected chi connectivity index (χ2v) is 1.95. The summed E-state index contributed by atoms with van der Waals surface area (Å²) in [5.41, 5.74) is 6.48. The van der Waals surface area contributed by atoms with E-state index in [9.17, 15) is 14.4 Å². The van der Waals surface area contributed by atoms with E-state index in [1.807, 2.05) is 0 Å². The van der Waals surface area contributed by atoms with Crippen LogP contribution < -0.4 is 5.73 Å². The number of nitrogens with zero attached hydrogens (tertiary/aromatic N) is 1. The van der Waals surface area contributed by atoms with E-state index in [1.54, 1.807) is 0 Å². The van der Waals surface area contributed by atoms with E-state index < -0.39 is 31.1 Å². The van der Waals surface area contributed by atoms with Crippen molar-refractivity contribution in [2.24, 2.45) is 0 Å². The van der Waals surface area contributed by atoms with Crippen LogP contribution in [0.3, 0.4) is 0 Å². The van der Waals surface area contributed by atoms with Crippen LogP contribution >= 0.6 is 0 Å². The molecule has 3 N–H and O–H groups in total. The summed E-state index contributed by atoms with van der Waals surface area (Å²) < 4.78 is 0. The fraction of sp³-hybridized carbons (Fsp3) is 0.400. The highest BCUT2D eigenvalue weighted by molar-refractivity contribution is 5.82. The molecule has 0 spiro atoms. The fourth-order valence-corrected chi connectivity index (χ4v) is 0.526. The Bertz CT molecular complexity index is 198. The number of carbonyl (C=O) groups is 3. The SMILES string of the molecule is [NH]C(=O)N(CC(=O)O)CC(=O)O. The third-order valence-electron chi connectivity index (χ3n) is 0.939. The molecule has 0 saturated heterocycles. The van der Waals surface area contributed by atoms with Gasteiger partial charge in [0.25, 0.3) is 0 Å². The van der Waals surface area contributed by atoms with Gasteiger partial charge in [-0.3, -0.25) is 9.59 Å². The lowest BCUT2D eigenvalue weighted by Gasteiger charge is -2.13. The van der Waals surface area contributed by atoms with Gasteiger partial charge in [0, 0.05) is 0 Å². The van der Waals surface area contributed by atoms with Crippen LogP contribution in [-0.4, -0.2) is 46.2 Å². The monoisotopic (exact) mass is 175 g/mol. The van der Waals surface area contributed by atoms with E-state index in [2.05, 4.69) is 0 Å². The molecular weight excluding hydrogens is 168 g/mol. The molecule has 0 rings (SSSR count).